The molecule has 0 aromatic rings. The van der Waals surface area contributed by atoms with Crippen LogP contribution in [-0.2, 0) is 52.1 Å². The highest BCUT2D eigenvalue weighted by Gasteiger charge is 2.03. The molecule has 230 valence electrons. The molecule has 15 heteroatoms. The minimum Gasteiger partial charge on any atom is -0.499 e. The Morgan fingerprint density at radius 1 is 0.500 bits per heavy atom. The van der Waals surface area contributed by atoms with Gasteiger partial charge in [-0.3, -0.25) is 0 Å². The molecule has 0 heterocycles. The predicted octanol–water partition coefficient (Wildman–Crippen LogP) is -0.122. The lowest BCUT2D eigenvalue weighted by atomic mass is 10.7. The number of hydrogen-bond acceptors (Lipinski definition) is 15. The van der Waals surface area contributed by atoms with Crippen LogP contribution in [-0.4, -0.2) is 133 Å². The fourth-order valence-corrected chi connectivity index (χ4v) is 1.65. The van der Waals surface area contributed by atoms with Crippen molar-refractivity contribution < 1.29 is 72.5 Å². The summed E-state index contributed by atoms with van der Waals surface area (Å²) in [5, 5.41) is 32.7. The van der Waals surface area contributed by atoms with E-state index in [1.54, 1.807) is 13.8 Å². The van der Waals surface area contributed by atoms with Crippen LogP contribution >= 0.6 is 0 Å². The minimum absolute atomic E-state index is 0.0272. The van der Waals surface area contributed by atoms with E-state index < -0.39 is 12.6 Å². The first-order valence-corrected chi connectivity index (χ1v) is 11.8. The summed E-state index contributed by atoms with van der Waals surface area (Å²) in [4.78, 5) is 0. The Morgan fingerprint density at radius 2 is 0.921 bits per heavy atom. The van der Waals surface area contributed by atoms with E-state index in [2.05, 4.69) is 22.6 Å². The molecule has 0 rings (SSSR count). The van der Waals surface area contributed by atoms with Gasteiger partial charge in [-0.1, -0.05) is 13.2 Å². The van der Waals surface area contributed by atoms with E-state index in [1.807, 2.05) is 0 Å². The van der Waals surface area contributed by atoms with Gasteiger partial charge in [0, 0.05) is 0 Å². The first kappa shape index (κ1) is 41.0. The summed E-state index contributed by atoms with van der Waals surface area (Å²) in [6, 6.07) is 0. The second-order valence-electron chi connectivity index (χ2n) is 6.18. The second-order valence-corrected chi connectivity index (χ2v) is 6.18. The molecule has 15 nitrogen and oxygen atoms in total. The fraction of sp³-hybridized carbons (Fsp3) is 0.826. The Labute approximate surface area is 225 Å². The van der Waals surface area contributed by atoms with Crippen LogP contribution in [0.1, 0.15) is 13.8 Å². The topological polar surface area (TPSA) is 182 Å². The van der Waals surface area contributed by atoms with Crippen molar-refractivity contribution in [3.8, 4) is 0 Å². The van der Waals surface area contributed by atoms with Gasteiger partial charge in [0.25, 0.3) is 0 Å². The van der Waals surface area contributed by atoms with Crippen LogP contribution in [0.5, 0.6) is 0 Å². The van der Waals surface area contributed by atoms with Crippen molar-refractivity contribution in [1.29, 1.82) is 0 Å². The lowest BCUT2D eigenvalue weighted by Crippen LogP contribution is -2.21. The third kappa shape index (κ3) is 44.5. The van der Waals surface area contributed by atoms with E-state index >= 15 is 0 Å². The molecule has 4 N–H and O–H groups in total. The molecule has 0 saturated heterocycles. The first-order chi connectivity index (χ1) is 18.5. The summed E-state index contributed by atoms with van der Waals surface area (Å²) in [5.41, 5.74) is 0. The number of rotatable bonds is 27. The summed E-state index contributed by atoms with van der Waals surface area (Å²) in [7, 11) is 0. The van der Waals surface area contributed by atoms with Crippen molar-refractivity contribution in [2.45, 2.75) is 26.4 Å². The van der Waals surface area contributed by atoms with Crippen molar-refractivity contribution >= 4 is 0 Å². The quantitative estimate of drug-likeness (QED) is 0.0588. The Hall–Kier alpha value is -1.44. The standard InChI is InChI=1S/C13H28O9.C7H12O3.C3H8O3/c1-12(19-7-5-16-9-15)22-11-18-6-8-20-13(2)21-10-17-4-3-14;1-3-8-5-6-10-7-9-4-2;4-1-2-6-3-5/h12-15H,3-11H2,1-2H3;3-4H,1-2,5-7H2;4-5H,1-3H2. The SMILES string of the molecule is C=COCCOCOC=C.CC(OCCOCOC(C)OCCOCO)OCOCCO.OCCOCO. The van der Waals surface area contributed by atoms with E-state index in [-0.39, 0.29) is 60.4 Å². The van der Waals surface area contributed by atoms with Gasteiger partial charge >= 0.3 is 0 Å². The number of aliphatic hydroxyl groups excluding tert-OH is 4. The molecular weight excluding hydrogens is 516 g/mol. The fourth-order valence-electron chi connectivity index (χ4n) is 1.65. The van der Waals surface area contributed by atoms with E-state index in [4.69, 9.17) is 63.1 Å². The molecule has 0 spiro atoms. The van der Waals surface area contributed by atoms with Gasteiger partial charge in [-0.05, 0) is 13.8 Å². The molecule has 2 unspecified atom stereocenters. The Kier molecular flexibility index (Phi) is 43.3. The van der Waals surface area contributed by atoms with Gasteiger partial charge in [-0.2, -0.15) is 0 Å². The summed E-state index contributed by atoms with van der Waals surface area (Å²) >= 11 is 0. The molecular formula is C23H48O15. The van der Waals surface area contributed by atoms with Gasteiger partial charge in [0.1, 0.15) is 33.8 Å². The maximum absolute atomic E-state index is 8.50. The van der Waals surface area contributed by atoms with Crippen LogP contribution in [0.2, 0.25) is 0 Å². The molecule has 38 heavy (non-hydrogen) atoms. The van der Waals surface area contributed by atoms with Crippen LogP contribution in [0.3, 0.4) is 0 Å². The summed E-state index contributed by atoms with van der Waals surface area (Å²) in [6.07, 6.45) is 1.86. The maximum atomic E-state index is 8.50. The third-order valence-electron chi connectivity index (χ3n) is 3.32. The normalized spacial score (nSPS) is 11.8. The summed E-state index contributed by atoms with van der Waals surface area (Å²) < 4.78 is 54.4. The Bertz CT molecular complexity index is 394. The van der Waals surface area contributed by atoms with Crippen LogP contribution in [0.4, 0.5) is 0 Å². The van der Waals surface area contributed by atoms with Gasteiger partial charge in [-0.15, -0.1) is 0 Å². The zero-order valence-electron chi connectivity index (χ0n) is 22.6. The van der Waals surface area contributed by atoms with E-state index in [1.165, 1.54) is 12.5 Å². The summed E-state index contributed by atoms with van der Waals surface area (Å²) in [6.45, 7) is 12.7. The number of ether oxygens (including phenoxy) is 11. The smallest absolute Gasteiger partial charge is 0.188 e. The second kappa shape index (κ2) is 40.1. The van der Waals surface area contributed by atoms with E-state index in [9.17, 15) is 0 Å². The molecule has 2 atom stereocenters. The highest BCUT2D eigenvalue weighted by molar-refractivity contribution is 4.48. The number of hydrogen-bond donors (Lipinski definition) is 4. The molecule has 0 aromatic carbocycles. The van der Waals surface area contributed by atoms with Gasteiger partial charge in [0.2, 0.25) is 0 Å². The third-order valence-corrected chi connectivity index (χ3v) is 3.32. The maximum Gasteiger partial charge on any atom is 0.188 e. The van der Waals surface area contributed by atoms with E-state index in [0.29, 0.717) is 39.6 Å². The molecule has 0 aliphatic heterocycles. The largest absolute Gasteiger partial charge is 0.499 e. The lowest BCUT2D eigenvalue weighted by molar-refractivity contribution is -0.211. The van der Waals surface area contributed by atoms with Crippen molar-refractivity contribution in [3.63, 3.8) is 0 Å². The summed E-state index contributed by atoms with van der Waals surface area (Å²) in [5.74, 6) is 0. The number of aliphatic hydroxyl groups is 4. The molecule has 0 radical (unpaired) electrons. The molecule has 0 aromatic heterocycles. The first-order valence-electron chi connectivity index (χ1n) is 11.8. The van der Waals surface area contributed by atoms with Crippen LogP contribution in [0.25, 0.3) is 0 Å². The minimum atomic E-state index is -0.422. The Balaban J connectivity index is -0.000000627. The average molecular weight is 565 g/mol. The predicted molar refractivity (Wildman–Crippen MR) is 133 cm³/mol. The molecule has 0 saturated carbocycles. The molecule has 0 aliphatic carbocycles. The van der Waals surface area contributed by atoms with E-state index in [0.717, 1.165) is 0 Å². The van der Waals surface area contributed by atoms with Crippen LogP contribution in [0.15, 0.2) is 25.7 Å². The molecule has 0 fully saturated rings. The van der Waals surface area contributed by atoms with Gasteiger partial charge < -0.3 is 72.5 Å². The average Bonchev–Trinajstić information content (AvgIpc) is 2.92. The Morgan fingerprint density at radius 3 is 1.39 bits per heavy atom. The van der Waals surface area contributed by atoms with Crippen LogP contribution < -0.4 is 0 Å². The lowest BCUT2D eigenvalue weighted by Gasteiger charge is -2.15. The van der Waals surface area contributed by atoms with Crippen LogP contribution in [0, 0.1) is 0 Å². The van der Waals surface area contributed by atoms with Gasteiger partial charge in [-0.25, -0.2) is 0 Å². The molecule has 0 aliphatic rings. The van der Waals surface area contributed by atoms with Gasteiger partial charge in [0.15, 0.2) is 19.4 Å². The monoisotopic (exact) mass is 564 g/mol. The van der Waals surface area contributed by atoms with Crippen molar-refractivity contribution in [2.24, 2.45) is 0 Å². The molecule has 0 amide bonds. The highest BCUT2D eigenvalue weighted by Crippen LogP contribution is 1.96. The van der Waals surface area contributed by atoms with Crippen molar-refractivity contribution in [1.82, 2.24) is 0 Å². The molecule has 0 bridgehead atoms. The van der Waals surface area contributed by atoms with Crippen molar-refractivity contribution in [3.05, 3.63) is 25.7 Å². The highest BCUT2D eigenvalue weighted by atomic mass is 16.8. The zero-order valence-corrected chi connectivity index (χ0v) is 22.6. The van der Waals surface area contributed by atoms with Gasteiger partial charge in [0.05, 0.1) is 72.0 Å². The zero-order chi connectivity index (χ0) is 29.0. The van der Waals surface area contributed by atoms with Crippen molar-refractivity contribution in [2.75, 3.05) is 100 Å².